The summed E-state index contributed by atoms with van der Waals surface area (Å²) in [6, 6.07) is 9.59. The first kappa shape index (κ1) is 10.1. The Labute approximate surface area is 67.1 Å². The third-order valence-corrected chi connectivity index (χ3v) is 1.28. The van der Waals surface area contributed by atoms with Gasteiger partial charge >= 0.3 is 0 Å². The van der Waals surface area contributed by atoms with Crippen LogP contribution in [0.2, 0.25) is 0 Å². The van der Waals surface area contributed by atoms with Crippen LogP contribution in [0.15, 0.2) is 30.3 Å². The summed E-state index contributed by atoms with van der Waals surface area (Å²) in [7, 11) is 1.00. The molecule has 0 spiro atoms. The van der Waals surface area contributed by atoms with E-state index in [0.717, 1.165) is 12.7 Å². The number of benzene rings is 1. The predicted octanol–water partition coefficient (Wildman–Crippen LogP) is 1.35. The van der Waals surface area contributed by atoms with E-state index in [1.165, 1.54) is 0 Å². The van der Waals surface area contributed by atoms with E-state index >= 15 is 0 Å². The monoisotopic (exact) mass is 154 g/mol. The highest BCUT2D eigenvalue weighted by Gasteiger charge is 1.95. The van der Waals surface area contributed by atoms with Gasteiger partial charge in [0, 0.05) is 7.11 Å². The number of hydrogen-bond donors (Lipinski definition) is 2. The first-order valence-electron chi connectivity index (χ1n) is 3.48. The summed E-state index contributed by atoms with van der Waals surface area (Å²) in [6.07, 6.45) is -0.341. The Kier molecular flexibility index (Phi) is 5.43. The van der Waals surface area contributed by atoms with Gasteiger partial charge in [-0.1, -0.05) is 30.3 Å². The molecule has 0 aliphatic heterocycles. The fourth-order valence-electron chi connectivity index (χ4n) is 0.732. The van der Waals surface area contributed by atoms with Gasteiger partial charge in [0.05, 0.1) is 6.10 Å². The molecule has 0 saturated carbocycles. The summed E-state index contributed by atoms with van der Waals surface area (Å²) in [6.45, 7) is 1.76. The van der Waals surface area contributed by atoms with E-state index in [4.69, 9.17) is 10.2 Å². The fourth-order valence-corrected chi connectivity index (χ4v) is 0.732. The van der Waals surface area contributed by atoms with Gasteiger partial charge in [0.2, 0.25) is 0 Å². The Balaban J connectivity index is 0.000000461. The Bertz CT molecular complexity index is 170. The summed E-state index contributed by atoms with van der Waals surface area (Å²) < 4.78 is 0. The van der Waals surface area contributed by atoms with E-state index in [0.29, 0.717) is 0 Å². The molecular formula is C9H14O2. The Hall–Kier alpha value is -0.860. The highest BCUT2D eigenvalue weighted by Crippen LogP contribution is 2.08. The normalized spacial score (nSPS) is 11.3. The van der Waals surface area contributed by atoms with Crippen LogP contribution >= 0.6 is 0 Å². The molecule has 0 radical (unpaired) electrons. The molecule has 0 bridgehead atoms. The number of rotatable bonds is 1. The van der Waals surface area contributed by atoms with Crippen LogP contribution in [-0.2, 0) is 0 Å². The van der Waals surface area contributed by atoms with Gasteiger partial charge in [-0.3, -0.25) is 0 Å². The van der Waals surface area contributed by atoms with Crippen molar-refractivity contribution in [2.24, 2.45) is 0 Å². The summed E-state index contributed by atoms with van der Waals surface area (Å²) in [5, 5.41) is 16.0. The van der Waals surface area contributed by atoms with Crippen molar-refractivity contribution in [3.63, 3.8) is 0 Å². The second-order valence-corrected chi connectivity index (χ2v) is 2.09. The van der Waals surface area contributed by atoms with Gasteiger partial charge in [-0.15, -0.1) is 0 Å². The minimum absolute atomic E-state index is 0.341. The first-order chi connectivity index (χ1) is 5.30. The van der Waals surface area contributed by atoms with Crippen LogP contribution in [0.3, 0.4) is 0 Å². The minimum atomic E-state index is -0.341. The predicted molar refractivity (Wildman–Crippen MR) is 45.2 cm³/mol. The van der Waals surface area contributed by atoms with E-state index in [9.17, 15) is 0 Å². The van der Waals surface area contributed by atoms with Crippen molar-refractivity contribution in [3.8, 4) is 0 Å². The van der Waals surface area contributed by atoms with Gasteiger partial charge in [-0.05, 0) is 12.5 Å². The zero-order valence-corrected chi connectivity index (χ0v) is 6.86. The SMILES string of the molecule is CC(O)c1ccccc1.CO. The van der Waals surface area contributed by atoms with E-state index in [1.807, 2.05) is 30.3 Å². The van der Waals surface area contributed by atoms with Gasteiger partial charge in [0.25, 0.3) is 0 Å². The highest BCUT2D eigenvalue weighted by atomic mass is 16.3. The van der Waals surface area contributed by atoms with E-state index in [-0.39, 0.29) is 6.10 Å². The molecule has 1 unspecified atom stereocenters. The average Bonchev–Trinajstić information content (AvgIpc) is 2.10. The molecular weight excluding hydrogens is 140 g/mol. The smallest absolute Gasteiger partial charge is 0.0761 e. The molecule has 1 atom stereocenters. The van der Waals surface area contributed by atoms with Gasteiger partial charge < -0.3 is 10.2 Å². The van der Waals surface area contributed by atoms with Crippen molar-refractivity contribution in [3.05, 3.63) is 35.9 Å². The standard InChI is InChI=1S/C8H10O.CH4O/c1-7(9)8-5-3-2-4-6-8;1-2/h2-7,9H,1H3;2H,1H3. The van der Waals surface area contributed by atoms with Crippen LogP contribution in [0.1, 0.15) is 18.6 Å². The number of hydrogen-bond acceptors (Lipinski definition) is 2. The summed E-state index contributed by atoms with van der Waals surface area (Å²) in [4.78, 5) is 0. The fraction of sp³-hybridized carbons (Fsp3) is 0.333. The van der Waals surface area contributed by atoms with Crippen LogP contribution in [0.4, 0.5) is 0 Å². The number of aliphatic hydroxyl groups is 2. The first-order valence-corrected chi connectivity index (χ1v) is 3.48. The van der Waals surface area contributed by atoms with Crippen LogP contribution < -0.4 is 0 Å². The third-order valence-electron chi connectivity index (χ3n) is 1.28. The van der Waals surface area contributed by atoms with Crippen molar-refractivity contribution in [1.82, 2.24) is 0 Å². The van der Waals surface area contributed by atoms with E-state index in [1.54, 1.807) is 6.92 Å². The number of aliphatic hydroxyl groups excluding tert-OH is 2. The molecule has 0 amide bonds. The van der Waals surface area contributed by atoms with Crippen molar-refractivity contribution in [2.75, 3.05) is 7.11 Å². The van der Waals surface area contributed by atoms with Gasteiger partial charge in [0.1, 0.15) is 0 Å². The van der Waals surface area contributed by atoms with Gasteiger partial charge in [-0.2, -0.15) is 0 Å². The minimum Gasteiger partial charge on any atom is -0.400 e. The van der Waals surface area contributed by atoms with Crippen molar-refractivity contribution in [2.45, 2.75) is 13.0 Å². The summed E-state index contributed by atoms with van der Waals surface area (Å²) >= 11 is 0. The Morgan fingerprint density at radius 1 is 1.09 bits per heavy atom. The maximum atomic E-state index is 9.02. The van der Waals surface area contributed by atoms with Crippen LogP contribution in [-0.4, -0.2) is 17.3 Å². The molecule has 1 aromatic carbocycles. The molecule has 2 heteroatoms. The quantitative estimate of drug-likeness (QED) is 0.641. The second-order valence-electron chi connectivity index (χ2n) is 2.09. The molecule has 0 aliphatic carbocycles. The lowest BCUT2D eigenvalue weighted by Gasteiger charge is -2.00. The molecule has 0 saturated heterocycles. The summed E-state index contributed by atoms with van der Waals surface area (Å²) in [5.41, 5.74) is 0.970. The molecule has 0 heterocycles. The van der Waals surface area contributed by atoms with Crippen LogP contribution in [0, 0.1) is 0 Å². The molecule has 0 aliphatic rings. The van der Waals surface area contributed by atoms with Crippen LogP contribution in [0.5, 0.6) is 0 Å². The van der Waals surface area contributed by atoms with E-state index in [2.05, 4.69) is 0 Å². The van der Waals surface area contributed by atoms with Crippen molar-refractivity contribution in [1.29, 1.82) is 0 Å². The van der Waals surface area contributed by atoms with Crippen LogP contribution in [0.25, 0.3) is 0 Å². The average molecular weight is 154 g/mol. The highest BCUT2D eigenvalue weighted by molar-refractivity contribution is 5.16. The molecule has 1 rings (SSSR count). The van der Waals surface area contributed by atoms with Crippen molar-refractivity contribution >= 4 is 0 Å². The lowest BCUT2D eigenvalue weighted by atomic mass is 10.1. The lowest BCUT2D eigenvalue weighted by Crippen LogP contribution is -1.87. The van der Waals surface area contributed by atoms with Crippen molar-refractivity contribution < 1.29 is 10.2 Å². The maximum Gasteiger partial charge on any atom is 0.0761 e. The Morgan fingerprint density at radius 3 is 1.82 bits per heavy atom. The molecule has 62 valence electrons. The topological polar surface area (TPSA) is 40.5 Å². The zero-order chi connectivity index (χ0) is 8.69. The second kappa shape index (κ2) is 5.89. The molecule has 2 N–H and O–H groups in total. The third kappa shape index (κ3) is 3.75. The van der Waals surface area contributed by atoms with Gasteiger partial charge in [0.15, 0.2) is 0 Å². The zero-order valence-electron chi connectivity index (χ0n) is 6.86. The van der Waals surface area contributed by atoms with Gasteiger partial charge in [-0.25, -0.2) is 0 Å². The maximum absolute atomic E-state index is 9.02. The Morgan fingerprint density at radius 2 is 1.55 bits per heavy atom. The largest absolute Gasteiger partial charge is 0.400 e. The molecule has 0 fully saturated rings. The molecule has 1 aromatic rings. The lowest BCUT2D eigenvalue weighted by molar-refractivity contribution is 0.199. The molecule has 2 nitrogen and oxygen atoms in total. The molecule has 11 heavy (non-hydrogen) atoms. The summed E-state index contributed by atoms with van der Waals surface area (Å²) in [5.74, 6) is 0. The molecule has 0 aromatic heterocycles. The van der Waals surface area contributed by atoms with E-state index < -0.39 is 0 Å².